The van der Waals surface area contributed by atoms with Gasteiger partial charge in [0.15, 0.2) is 0 Å². The Morgan fingerprint density at radius 2 is 1.94 bits per heavy atom. The van der Waals surface area contributed by atoms with E-state index >= 15 is 0 Å². The van der Waals surface area contributed by atoms with Crippen molar-refractivity contribution in [2.24, 2.45) is 0 Å². The van der Waals surface area contributed by atoms with E-state index in [1.54, 1.807) is 0 Å². The quantitative estimate of drug-likeness (QED) is 0.816. The van der Waals surface area contributed by atoms with Crippen molar-refractivity contribution in [1.29, 1.82) is 0 Å². The van der Waals surface area contributed by atoms with Crippen molar-refractivity contribution in [2.45, 2.75) is 26.3 Å². The lowest BCUT2D eigenvalue weighted by atomic mass is 10.1. The van der Waals surface area contributed by atoms with Gasteiger partial charge >= 0.3 is 0 Å². The topological polar surface area (TPSA) is 12.0 Å². The SMILES string of the molecule is CCCNC(c1sccc1C)c1sccc1Br. The van der Waals surface area contributed by atoms with Crippen LogP contribution in [0.5, 0.6) is 0 Å². The summed E-state index contributed by atoms with van der Waals surface area (Å²) in [6.45, 7) is 5.44. The van der Waals surface area contributed by atoms with E-state index in [1.165, 1.54) is 19.8 Å². The first-order chi connectivity index (χ1) is 8.24. The molecule has 17 heavy (non-hydrogen) atoms. The number of hydrogen-bond donors (Lipinski definition) is 1. The molecule has 0 spiro atoms. The second-order valence-electron chi connectivity index (χ2n) is 3.99. The maximum atomic E-state index is 3.65. The third-order valence-electron chi connectivity index (χ3n) is 2.67. The molecule has 0 aromatic carbocycles. The van der Waals surface area contributed by atoms with Crippen molar-refractivity contribution in [1.82, 2.24) is 5.32 Å². The highest BCUT2D eigenvalue weighted by atomic mass is 79.9. The summed E-state index contributed by atoms with van der Waals surface area (Å²) in [7, 11) is 0. The number of nitrogens with one attached hydrogen (secondary N) is 1. The zero-order valence-corrected chi connectivity index (χ0v) is 13.2. The van der Waals surface area contributed by atoms with Gasteiger partial charge in [-0.1, -0.05) is 6.92 Å². The average Bonchev–Trinajstić information content (AvgIpc) is 2.90. The molecule has 0 bridgehead atoms. The van der Waals surface area contributed by atoms with E-state index in [0.29, 0.717) is 6.04 Å². The minimum Gasteiger partial charge on any atom is -0.305 e. The monoisotopic (exact) mass is 329 g/mol. The summed E-state index contributed by atoms with van der Waals surface area (Å²) in [5.74, 6) is 0. The smallest absolute Gasteiger partial charge is 0.0778 e. The molecule has 1 atom stereocenters. The lowest BCUT2D eigenvalue weighted by Crippen LogP contribution is -2.22. The molecule has 0 fully saturated rings. The Kier molecular flexibility index (Phi) is 4.79. The van der Waals surface area contributed by atoms with Gasteiger partial charge in [0.25, 0.3) is 0 Å². The highest BCUT2D eigenvalue weighted by Gasteiger charge is 2.20. The molecule has 2 rings (SSSR count). The van der Waals surface area contributed by atoms with Gasteiger partial charge in [-0.25, -0.2) is 0 Å². The lowest BCUT2D eigenvalue weighted by Gasteiger charge is -2.17. The zero-order chi connectivity index (χ0) is 12.3. The molecule has 1 N–H and O–H groups in total. The van der Waals surface area contributed by atoms with E-state index in [0.717, 1.165) is 13.0 Å². The molecule has 4 heteroatoms. The van der Waals surface area contributed by atoms with Crippen molar-refractivity contribution < 1.29 is 0 Å². The lowest BCUT2D eigenvalue weighted by molar-refractivity contribution is 0.610. The van der Waals surface area contributed by atoms with E-state index < -0.39 is 0 Å². The highest BCUT2D eigenvalue weighted by Crippen LogP contribution is 2.36. The predicted molar refractivity (Wildman–Crippen MR) is 81.2 cm³/mol. The standard InChI is InChI=1S/C13H16BrNS2/c1-3-6-15-11(12-9(2)4-7-16-12)13-10(14)5-8-17-13/h4-5,7-8,11,15H,3,6H2,1-2H3. The van der Waals surface area contributed by atoms with Crippen LogP contribution >= 0.6 is 38.6 Å². The van der Waals surface area contributed by atoms with Crippen LogP contribution in [0.3, 0.4) is 0 Å². The predicted octanol–water partition coefficient (Wildman–Crippen LogP) is 4.97. The second kappa shape index (κ2) is 6.14. The van der Waals surface area contributed by atoms with Gasteiger partial charge in [0.05, 0.1) is 6.04 Å². The van der Waals surface area contributed by atoms with Crippen LogP contribution in [0, 0.1) is 6.92 Å². The Morgan fingerprint density at radius 1 is 1.24 bits per heavy atom. The minimum absolute atomic E-state index is 0.337. The molecule has 2 aromatic heterocycles. The van der Waals surface area contributed by atoms with Crippen molar-refractivity contribution in [3.8, 4) is 0 Å². The third kappa shape index (κ3) is 2.99. The van der Waals surface area contributed by atoms with Crippen LogP contribution < -0.4 is 5.32 Å². The number of aryl methyl sites for hydroxylation is 1. The Hall–Kier alpha value is -0.160. The molecule has 0 saturated heterocycles. The fourth-order valence-corrected chi connectivity index (χ4v) is 4.55. The summed E-state index contributed by atoms with van der Waals surface area (Å²) in [5, 5.41) is 7.96. The summed E-state index contributed by atoms with van der Waals surface area (Å²) in [6, 6.07) is 4.66. The van der Waals surface area contributed by atoms with Gasteiger partial charge in [-0.05, 0) is 64.3 Å². The molecule has 2 heterocycles. The maximum Gasteiger partial charge on any atom is 0.0778 e. The summed E-state index contributed by atoms with van der Waals surface area (Å²) >= 11 is 7.29. The maximum absolute atomic E-state index is 3.65. The summed E-state index contributed by atoms with van der Waals surface area (Å²) in [4.78, 5) is 2.81. The summed E-state index contributed by atoms with van der Waals surface area (Å²) in [5.41, 5.74) is 1.38. The Labute approximate surface area is 119 Å². The fraction of sp³-hybridized carbons (Fsp3) is 0.385. The van der Waals surface area contributed by atoms with E-state index in [-0.39, 0.29) is 0 Å². The molecule has 0 radical (unpaired) electrons. The molecule has 1 unspecified atom stereocenters. The van der Waals surface area contributed by atoms with Crippen molar-refractivity contribution in [3.63, 3.8) is 0 Å². The fourth-order valence-electron chi connectivity index (χ4n) is 1.78. The third-order valence-corrected chi connectivity index (χ3v) is 5.69. The highest BCUT2D eigenvalue weighted by molar-refractivity contribution is 9.10. The van der Waals surface area contributed by atoms with E-state index in [9.17, 15) is 0 Å². The van der Waals surface area contributed by atoms with Gasteiger partial charge in [0.1, 0.15) is 0 Å². The van der Waals surface area contributed by atoms with Crippen molar-refractivity contribution in [3.05, 3.63) is 42.7 Å². The normalized spacial score (nSPS) is 12.9. The average molecular weight is 330 g/mol. The Balaban J connectivity index is 2.32. The van der Waals surface area contributed by atoms with E-state index in [1.807, 2.05) is 22.7 Å². The van der Waals surface area contributed by atoms with E-state index in [4.69, 9.17) is 0 Å². The van der Waals surface area contributed by atoms with Crippen molar-refractivity contribution >= 4 is 38.6 Å². The molecule has 92 valence electrons. The van der Waals surface area contributed by atoms with Crippen LogP contribution in [0.15, 0.2) is 27.4 Å². The van der Waals surface area contributed by atoms with Crippen LogP contribution in [0.4, 0.5) is 0 Å². The molecular formula is C13H16BrNS2. The van der Waals surface area contributed by atoms with Gasteiger partial charge in [-0.3, -0.25) is 0 Å². The Bertz CT molecular complexity index is 435. The number of halogens is 1. The summed E-state index contributed by atoms with van der Waals surface area (Å²) < 4.78 is 1.21. The molecule has 0 aliphatic heterocycles. The summed E-state index contributed by atoms with van der Waals surface area (Å²) in [6.07, 6.45) is 1.16. The van der Waals surface area contributed by atoms with E-state index in [2.05, 4.69) is 58.0 Å². The molecule has 1 nitrogen and oxygen atoms in total. The first-order valence-electron chi connectivity index (χ1n) is 5.74. The first kappa shape index (κ1) is 13.3. The van der Waals surface area contributed by atoms with Crippen LogP contribution in [0.2, 0.25) is 0 Å². The van der Waals surface area contributed by atoms with Gasteiger partial charge in [0.2, 0.25) is 0 Å². The Morgan fingerprint density at radius 3 is 2.47 bits per heavy atom. The number of thiophene rings is 2. The molecule has 0 aliphatic rings. The number of rotatable bonds is 5. The van der Waals surface area contributed by atoms with Crippen LogP contribution in [-0.2, 0) is 0 Å². The molecule has 0 saturated carbocycles. The molecule has 0 amide bonds. The largest absolute Gasteiger partial charge is 0.305 e. The first-order valence-corrected chi connectivity index (χ1v) is 8.29. The van der Waals surface area contributed by atoms with Crippen LogP contribution in [0.1, 0.15) is 34.7 Å². The molecule has 2 aromatic rings. The minimum atomic E-state index is 0.337. The van der Waals surface area contributed by atoms with Gasteiger partial charge in [-0.2, -0.15) is 0 Å². The van der Waals surface area contributed by atoms with Crippen LogP contribution in [0.25, 0.3) is 0 Å². The van der Waals surface area contributed by atoms with Gasteiger partial charge in [0, 0.05) is 14.2 Å². The second-order valence-corrected chi connectivity index (χ2v) is 6.74. The van der Waals surface area contributed by atoms with Gasteiger partial charge in [-0.15, -0.1) is 22.7 Å². The zero-order valence-electron chi connectivity index (χ0n) is 10.00. The van der Waals surface area contributed by atoms with Crippen LogP contribution in [-0.4, -0.2) is 6.54 Å². The van der Waals surface area contributed by atoms with Gasteiger partial charge < -0.3 is 5.32 Å². The molecular weight excluding hydrogens is 314 g/mol. The molecule has 0 aliphatic carbocycles. The number of hydrogen-bond acceptors (Lipinski definition) is 3. The van der Waals surface area contributed by atoms with Crippen molar-refractivity contribution in [2.75, 3.05) is 6.54 Å².